The first-order valence-electron chi connectivity index (χ1n) is 7.67. The SMILES string of the molecule is CCNC(c1cc2ccccc2o1)C(OCC)C1CC1. The largest absolute Gasteiger partial charge is 0.459 e. The number of fused-ring (bicyclic) bond motifs is 1. The van der Waals surface area contributed by atoms with Crippen LogP contribution in [0.1, 0.15) is 38.5 Å². The van der Waals surface area contributed by atoms with Gasteiger partial charge in [0.05, 0.1) is 12.1 Å². The number of para-hydroxylation sites is 1. The van der Waals surface area contributed by atoms with Gasteiger partial charge >= 0.3 is 0 Å². The van der Waals surface area contributed by atoms with Gasteiger partial charge in [-0.25, -0.2) is 0 Å². The van der Waals surface area contributed by atoms with E-state index in [0.29, 0.717) is 5.92 Å². The molecule has 2 aromatic rings. The lowest BCUT2D eigenvalue weighted by Gasteiger charge is -2.26. The molecule has 108 valence electrons. The Hall–Kier alpha value is -1.32. The van der Waals surface area contributed by atoms with E-state index in [2.05, 4.69) is 31.3 Å². The van der Waals surface area contributed by atoms with E-state index in [1.807, 2.05) is 18.2 Å². The van der Waals surface area contributed by atoms with Gasteiger partial charge in [0.25, 0.3) is 0 Å². The summed E-state index contributed by atoms with van der Waals surface area (Å²) in [6, 6.07) is 10.5. The van der Waals surface area contributed by atoms with Crippen LogP contribution in [-0.4, -0.2) is 19.3 Å². The molecule has 3 heteroatoms. The molecular weight excluding hydrogens is 250 g/mol. The highest BCUT2D eigenvalue weighted by molar-refractivity contribution is 5.77. The highest BCUT2D eigenvalue weighted by Gasteiger charge is 2.39. The molecule has 1 aromatic heterocycles. The van der Waals surface area contributed by atoms with Gasteiger partial charge in [0.1, 0.15) is 11.3 Å². The zero-order valence-corrected chi connectivity index (χ0v) is 12.3. The first-order chi connectivity index (χ1) is 9.83. The molecule has 20 heavy (non-hydrogen) atoms. The highest BCUT2D eigenvalue weighted by atomic mass is 16.5. The van der Waals surface area contributed by atoms with Crippen molar-refractivity contribution in [3.8, 4) is 0 Å². The lowest BCUT2D eigenvalue weighted by atomic mass is 10.0. The Balaban J connectivity index is 1.91. The van der Waals surface area contributed by atoms with Crippen LogP contribution < -0.4 is 5.32 Å². The standard InChI is InChI=1S/C17H23NO2/c1-3-18-16(17(19-4-2)12-9-10-12)15-11-13-7-5-6-8-14(13)20-15/h5-8,11-12,16-18H,3-4,9-10H2,1-2H3. The van der Waals surface area contributed by atoms with Crippen LogP contribution >= 0.6 is 0 Å². The molecule has 0 amide bonds. The zero-order valence-electron chi connectivity index (χ0n) is 12.3. The summed E-state index contributed by atoms with van der Waals surface area (Å²) in [6.45, 7) is 5.86. The van der Waals surface area contributed by atoms with Crippen molar-refractivity contribution in [1.29, 1.82) is 0 Å². The molecular formula is C17H23NO2. The van der Waals surface area contributed by atoms with Crippen LogP contribution in [0.15, 0.2) is 34.7 Å². The molecule has 3 rings (SSSR count). The number of hydrogen-bond donors (Lipinski definition) is 1. The summed E-state index contributed by atoms with van der Waals surface area (Å²) in [7, 11) is 0. The molecule has 0 aliphatic heterocycles. The first-order valence-corrected chi connectivity index (χ1v) is 7.67. The molecule has 1 aliphatic carbocycles. The van der Waals surface area contributed by atoms with E-state index in [-0.39, 0.29) is 12.1 Å². The molecule has 0 radical (unpaired) electrons. The topological polar surface area (TPSA) is 34.4 Å². The lowest BCUT2D eigenvalue weighted by Crippen LogP contribution is -2.35. The van der Waals surface area contributed by atoms with Crippen molar-refractivity contribution in [2.45, 2.75) is 38.8 Å². The molecule has 1 aromatic carbocycles. The van der Waals surface area contributed by atoms with Crippen molar-refractivity contribution in [3.05, 3.63) is 36.1 Å². The third-order valence-electron chi connectivity index (χ3n) is 3.95. The average Bonchev–Trinajstić information content (AvgIpc) is 3.21. The Bertz CT molecular complexity index is 526. The maximum atomic E-state index is 6.05. The third kappa shape index (κ3) is 2.74. The van der Waals surface area contributed by atoms with Crippen molar-refractivity contribution in [1.82, 2.24) is 5.32 Å². The fourth-order valence-electron chi connectivity index (χ4n) is 2.88. The van der Waals surface area contributed by atoms with Crippen molar-refractivity contribution in [2.75, 3.05) is 13.2 Å². The summed E-state index contributed by atoms with van der Waals surface area (Å²) in [5.74, 6) is 1.67. The van der Waals surface area contributed by atoms with E-state index in [1.165, 1.54) is 12.8 Å². The second kappa shape index (κ2) is 5.98. The van der Waals surface area contributed by atoms with Crippen LogP contribution in [-0.2, 0) is 4.74 Å². The van der Waals surface area contributed by atoms with E-state index in [9.17, 15) is 0 Å². The van der Waals surface area contributed by atoms with Crippen LogP contribution in [0.3, 0.4) is 0 Å². The Labute approximate surface area is 120 Å². The number of hydrogen-bond acceptors (Lipinski definition) is 3. The number of rotatable bonds is 7. The number of furan rings is 1. The molecule has 1 saturated carbocycles. The van der Waals surface area contributed by atoms with E-state index in [1.54, 1.807) is 0 Å². The molecule has 1 aliphatic rings. The van der Waals surface area contributed by atoms with E-state index in [0.717, 1.165) is 29.9 Å². The van der Waals surface area contributed by atoms with E-state index in [4.69, 9.17) is 9.15 Å². The molecule has 3 nitrogen and oxygen atoms in total. The predicted octanol–water partition coefficient (Wildman–Crippen LogP) is 3.90. The molecule has 0 saturated heterocycles. The molecule has 1 fully saturated rings. The monoisotopic (exact) mass is 273 g/mol. The molecule has 1 N–H and O–H groups in total. The van der Waals surface area contributed by atoms with Gasteiger partial charge in [-0.3, -0.25) is 0 Å². The van der Waals surface area contributed by atoms with E-state index >= 15 is 0 Å². The molecule has 2 unspecified atom stereocenters. The van der Waals surface area contributed by atoms with Crippen LogP contribution in [0.2, 0.25) is 0 Å². The van der Waals surface area contributed by atoms with Gasteiger partial charge in [-0.2, -0.15) is 0 Å². The maximum absolute atomic E-state index is 6.05. The number of benzene rings is 1. The van der Waals surface area contributed by atoms with Gasteiger partial charge in [0, 0.05) is 12.0 Å². The van der Waals surface area contributed by atoms with Gasteiger partial charge in [0.15, 0.2) is 0 Å². The normalized spacial score (nSPS) is 18.3. The minimum absolute atomic E-state index is 0.153. The highest BCUT2D eigenvalue weighted by Crippen LogP contribution is 2.41. The zero-order chi connectivity index (χ0) is 13.9. The van der Waals surface area contributed by atoms with Crippen molar-refractivity contribution >= 4 is 11.0 Å². The lowest BCUT2D eigenvalue weighted by molar-refractivity contribution is 0.0140. The van der Waals surface area contributed by atoms with Crippen LogP contribution in [0.5, 0.6) is 0 Å². The van der Waals surface area contributed by atoms with Gasteiger partial charge in [-0.15, -0.1) is 0 Å². The van der Waals surface area contributed by atoms with Gasteiger partial charge in [-0.05, 0) is 44.4 Å². The summed E-state index contributed by atoms with van der Waals surface area (Å²) in [6.07, 6.45) is 2.76. The Morgan fingerprint density at radius 1 is 1.30 bits per heavy atom. The number of ether oxygens (including phenoxy) is 1. The molecule has 1 heterocycles. The molecule has 0 spiro atoms. The smallest absolute Gasteiger partial charge is 0.134 e. The fourth-order valence-corrected chi connectivity index (χ4v) is 2.88. The second-order valence-corrected chi connectivity index (χ2v) is 5.48. The minimum Gasteiger partial charge on any atom is -0.459 e. The summed E-state index contributed by atoms with van der Waals surface area (Å²) in [5.41, 5.74) is 0.955. The summed E-state index contributed by atoms with van der Waals surface area (Å²) in [4.78, 5) is 0. The number of nitrogens with one attached hydrogen (secondary N) is 1. The van der Waals surface area contributed by atoms with Gasteiger partial charge < -0.3 is 14.5 Å². The minimum atomic E-state index is 0.153. The summed E-state index contributed by atoms with van der Waals surface area (Å²) >= 11 is 0. The Morgan fingerprint density at radius 2 is 2.10 bits per heavy atom. The number of likely N-dealkylation sites (N-methyl/N-ethyl adjacent to an activating group) is 1. The molecule has 0 bridgehead atoms. The average molecular weight is 273 g/mol. The Morgan fingerprint density at radius 3 is 2.75 bits per heavy atom. The molecule has 2 atom stereocenters. The summed E-state index contributed by atoms with van der Waals surface area (Å²) < 4.78 is 12.1. The maximum Gasteiger partial charge on any atom is 0.134 e. The van der Waals surface area contributed by atoms with Gasteiger partial charge in [-0.1, -0.05) is 25.1 Å². The van der Waals surface area contributed by atoms with Crippen molar-refractivity contribution < 1.29 is 9.15 Å². The Kier molecular flexibility index (Phi) is 4.08. The van der Waals surface area contributed by atoms with E-state index < -0.39 is 0 Å². The second-order valence-electron chi connectivity index (χ2n) is 5.48. The fraction of sp³-hybridized carbons (Fsp3) is 0.529. The van der Waals surface area contributed by atoms with Crippen molar-refractivity contribution in [3.63, 3.8) is 0 Å². The first kappa shape index (κ1) is 13.7. The predicted molar refractivity (Wildman–Crippen MR) is 80.8 cm³/mol. The van der Waals surface area contributed by atoms with Crippen molar-refractivity contribution in [2.24, 2.45) is 5.92 Å². The van der Waals surface area contributed by atoms with Crippen LogP contribution in [0.25, 0.3) is 11.0 Å². The van der Waals surface area contributed by atoms with Gasteiger partial charge in [0.2, 0.25) is 0 Å². The van der Waals surface area contributed by atoms with Crippen LogP contribution in [0, 0.1) is 5.92 Å². The third-order valence-corrected chi connectivity index (χ3v) is 3.95. The summed E-state index contributed by atoms with van der Waals surface area (Å²) in [5, 5.41) is 4.71. The quantitative estimate of drug-likeness (QED) is 0.831. The van der Waals surface area contributed by atoms with Crippen LogP contribution in [0.4, 0.5) is 0 Å².